The third-order valence-corrected chi connectivity index (χ3v) is 10.7. The fraction of sp³-hybridized carbons (Fsp3) is 0.667. The van der Waals surface area contributed by atoms with Gasteiger partial charge in [0.15, 0.2) is 6.10 Å². The Balaban J connectivity index is 4.48. The molecule has 63 heavy (non-hydrogen) atoms. The maximum absolute atomic E-state index is 12.8. The van der Waals surface area contributed by atoms with Gasteiger partial charge in [-0.1, -0.05) is 240 Å². The van der Waals surface area contributed by atoms with Crippen molar-refractivity contribution in [1.82, 2.24) is 0 Å². The van der Waals surface area contributed by atoms with E-state index in [4.69, 9.17) is 14.2 Å². The molecule has 0 radical (unpaired) electrons. The quantitative estimate of drug-likeness (QED) is 0.0199. The van der Waals surface area contributed by atoms with E-state index in [9.17, 15) is 14.4 Å². The Morgan fingerprint density at radius 1 is 0.349 bits per heavy atom. The first-order chi connectivity index (χ1) is 31.0. The lowest BCUT2D eigenvalue weighted by atomic mass is 10.0. The highest BCUT2D eigenvalue weighted by atomic mass is 16.6. The smallest absolute Gasteiger partial charge is 0.306 e. The molecular weight excluding hydrogens is 781 g/mol. The van der Waals surface area contributed by atoms with Crippen molar-refractivity contribution in [3.05, 3.63) is 97.2 Å². The van der Waals surface area contributed by atoms with Crippen LogP contribution >= 0.6 is 0 Å². The second-order valence-corrected chi connectivity index (χ2v) is 16.8. The fourth-order valence-electron chi connectivity index (χ4n) is 6.90. The van der Waals surface area contributed by atoms with Gasteiger partial charge in [0.2, 0.25) is 0 Å². The van der Waals surface area contributed by atoms with Crippen molar-refractivity contribution >= 4 is 17.9 Å². The molecule has 0 bridgehead atoms. The van der Waals surface area contributed by atoms with Crippen molar-refractivity contribution < 1.29 is 28.6 Å². The van der Waals surface area contributed by atoms with Crippen LogP contribution in [0.25, 0.3) is 0 Å². The molecule has 0 aromatic carbocycles. The maximum Gasteiger partial charge on any atom is 0.306 e. The predicted molar refractivity (Wildman–Crippen MR) is 270 cm³/mol. The molecule has 6 nitrogen and oxygen atoms in total. The van der Waals surface area contributed by atoms with Crippen molar-refractivity contribution in [3.63, 3.8) is 0 Å². The zero-order valence-corrected chi connectivity index (χ0v) is 40.8. The number of ether oxygens (including phenoxy) is 3. The lowest BCUT2D eigenvalue weighted by molar-refractivity contribution is -0.167. The summed E-state index contributed by atoms with van der Waals surface area (Å²) in [5.74, 6) is -0.995. The monoisotopic (exact) mass is 875 g/mol. The van der Waals surface area contributed by atoms with Crippen LogP contribution in [0.15, 0.2) is 97.2 Å². The Morgan fingerprint density at radius 2 is 0.714 bits per heavy atom. The number of esters is 3. The van der Waals surface area contributed by atoms with Crippen molar-refractivity contribution in [1.29, 1.82) is 0 Å². The molecule has 6 heteroatoms. The lowest BCUT2D eigenvalue weighted by Gasteiger charge is -2.18. The maximum atomic E-state index is 12.8. The summed E-state index contributed by atoms with van der Waals surface area (Å²) < 4.78 is 16.7. The second kappa shape index (κ2) is 51.0. The van der Waals surface area contributed by atoms with Crippen LogP contribution in [-0.4, -0.2) is 37.2 Å². The molecule has 1 atom stereocenters. The minimum absolute atomic E-state index is 0.106. The Bertz CT molecular complexity index is 1280. The first-order valence-corrected chi connectivity index (χ1v) is 25.8. The molecule has 0 saturated carbocycles. The minimum atomic E-state index is -0.810. The fourth-order valence-corrected chi connectivity index (χ4v) is 6.90. The Hall–Kier alpha value is -3.67. The highest BCUT2D eigenvalue weighted by molar-refractivity contribution is 5.71. The summed E-state index contributed by atoms with van der Waals surface area (Å²) >= 11 is 0. The van der Waals surface area contributed by atoms with Gasteiger partial charge in [0.25, 0.3) is 0 Å². The molecule has 0 aliphatic heterocycles. The van der Waals surface area contributed by atoms with Crippen molar-refractivity contribution in [2.24, 2.45) is 0 Å². The zero-order chi connectivity index (χ0) is 45.8. The van der Waals surface area contributed by atoms with Gasteiger partial charge < -0.3 is 14.2 Å². The summed E-state index contributed by atoms with van der Waals surface area (Å²) in [6, 6.07) is 0. The number of unbranched alkanes of at least 4 members (excludes halogenated alkanes) is 22. The van der Waals surface area contributed by atoms with Gasteiger partial charge in [0.1, 0.15) is 13.2 Å². The normalized spacial score (nSPS) is 12.9. The topological polar surface area (TPSA) is 78.9 Å². The molecule has 0 N–H and O–H groups in total. The van der Waals surface area contributed by atoms with E-state index in [1.807, 2.05) is 54.7 Å². The van der Waals surface area contributed by atoms with Gasteiger partial charge in [-0.3, -0.25) is 14.4 Å². The number of allylic oxidation sites excluding steroid dienone is 16. The SMILES string of the molecule is CC/C=C/C=C/C=C/C=C/C=C/CCCC(=O)OCC(COC(=O)CCCCCCCC/C=C/C/C=C/C/C=C/CC)OC(=O)CCCCCCCCCCCCCCCCCC. The highest BCUT2D eigenvalue weighted by Crippen LogP contribution is 2.15. The molecule has 0 amide bonds. The van der Waals surface area contributed by atoms with Crippen LogP contribution in [0.3, 0.4) is 0 Å². The predicted octanol–water partition coefficient (Wildman–Crippen LogP) is 17.0. The summed E-state index contributed by atoms with van der Waals surface area (Å²) in [5.41, 5.74) is 0. The summed E-state index contributed by atoms with van der Waals surface area (Å²) in [7, 11) is 0. The van der Waals surface area contributed by atoms with Gasteiger partial charge >= 0.3 is 17.9 Å². The van der Waals surface area contributed by atoms with Crippen LogP contribution < -0.4 is 0 Å². The van der Waals surface area contributed by atoms with Crippen molar-refractivity contribution in [2.45, 2.75) is 232 Å². The van der Waals surface area contributed by atoms with E-state index in [-0.39, 0.29) is 37.5 Å². The van der Waals surface area contributed by atoms with Gasteiger partial charge in [-0.15, -0.1) is 0 Å². The summed E-state index contributed by atoms with van der Waals surface area (Å²) in [5, 5.41) is 0. The molecule has 0 aliphatic carbocycles. The lowest BCUT2D eigenvalue weighted by Crippen LogP contribution is -2.30. The van der Waals surface area contributed by atoms with E-state index in [1.165, 1.54) is 96.3 Å². The number of carbonyl (C=O) groups is 3. The van der Waals surface area contributed by atoms with Crippen LogP contribution in [0, 0.1) is 0 Å². The third kappa shape index (κ3) is 49.2. The molecule has 0 rings (SSSR count). The number of hydrogen-bond donors (Lipinski definition) is 0. The van der Waals surface area contributed by atoms with Gasteiger partial charge in [-0.25, -0.2) is 0 Å². The molecule has 0 aromatic rings. The molecule has 358 valence electrons. The Labute approximate surface area is 387 Å². The van der Waals surface area contributed by atoms with Crippen LogP contribution in [-0.2, 0) is 28.6 Å². The van der Waals surface area contributed by atoms with Crippen LogP contribution in [0.2, 0.25) is 0 Å². The molecule has 1 unspecified atom stereocenters. The van der Waals surface area contributed by atoms with Crippen LogP contribution in [0.5, 0.6) is 0 Å². The van der Waals surface area contributed by atoms with Gasteiger partial charge in [0, 0.05) is 19.3 Å². The van der Waals surface area contributed by atoms with E-state index < -0.39 is 6.10 Å². The van der Waals surface area contributed by atoms with Crippen molar-refractivity contribution in [3.8, 4) is 0 Å². The van der Waals surface area contributed by atoms with Gasteiger partial charge in [-0.05, 0) is 64.2 Å². The zero-order valence-electron chi connectivity index (χ0n) is 40.8. The number of hydrogen-bond acceptors (Lipinski definition) is 6. The summed E-state index contributed by atoms with van der Waals surface area (Å²) in [6.07, 6.45) is 66.8. The van der Waals surface area contributed by atoms with E-state index in [0.29, 0.717) is 19.3 Å². The molecule has 0 aromatic heterocycles. The third-order valence-electron chi connectivity index (χ3n) is 10.7. The molecule has 0 fully saturated rings. The number of rotatable bonds is 45. The molecule has 0 spiro atoms. The van der Waals surface area contributed by atoms with Crippen LogP contribution in [0.1, 0.15) is 226 Å². The molecule has 0 aliphatic rings. The van der Waals surface area contributed by atoms with Gasteiger partial charge in [0.05, 0.1) is 0 Å². The van der Waals surface area contributed by atoms with E-state index >= 15 is 0 Å². The van der Waals surface area contributed by atoms with Gasteiger partial charge in [-0.2, -0.15) is 0 Å². The first kappa shape index (κ1) is 59.3. The molecule has 0 heterocycles. The average molecular weight is 875 g/mol. The highest BCUT2D eigenvalue weighted by Gasteiger charge is 2.19. The summed E-state index contributed by atoms with van der Waals surface area (Å²) in [4.78, 5) is 38.0. The Morgan fingerprint density at radius 3 is 1.21 bits per heavy atom. The minimum Gasteiger partial charge on any atom is -0.462 e. The second-order valence-electron chi connectivity index (χ2n) is 16.8. The van der Waals surface area contributed by atoms with E-state index in [1.54, 1.807) is 0 Å². The van der Waals surface area contributed by atoms with E-state index in [0.717, 1.165) is 83.5 Å². The van der Waals surface area contributed by atoms with E-state index in [2.05, 4.69) is 63.3 Å². The molecule has 0 saturated heterocycles. The Kier molecular flexibility index (Phi) is 48.0. The van der Waals surface area contributed by atoms with Crippen LogP contribution in [0.4, 0.5) is 0 Å². The van der Waals surface area contributed by atoms with Crippen molar-refractivity contribution in [2.75, 3.05) is 13.2 Å². The first-order valence-electron chi connectivity index (χ1n) is 25.8. The summed E-state index contributed by atoms with van der Waals surface area (Å²) in [6.45, 7) is 6.31. The average Bonchev–Trinajstić information content (AvgIpc) is 3.28. The standard InChI is InChI=1S/C57H94O6/c1-4-7-10-13-16-19-22-25-27-29-32-35-38-41-44-47-50-56(59)62-53-54(52-61-55(58)49-46-43-40-37-34-31-24-21-18-15-12-9-6-3)63-57(60)51-48-45-42-39-36-33-30-28-26-23-20-17-14-11-8-5-2/h7,9-10,12,15-16,18-19,21,24-25,27,31,34,37,40,54H,4-6,8,11,13-14,17,20,22-23,26,28-30,32-33,35-36,38-39,41-53H2,1-3H3/b10-7+,12-9+,18-15+,19-16+,24-21+,27-25+,34-31+,40-37+. The molecular formula is C57H94O6. The largest absolute Gasteiger partial charge is 0.462 e. The number of carbonyl (C=O) groups excluding carboxylic acids is 3.